The maximum atomic E-state index is 12.1. The molecule has 1 aliphatic rings. The van der Waals surface area contributed by atoms with E-state index >= 15 is 0 Å². The van der Waals surface area contributed by atoms with Gasteiger partial charge in [-0.15, -0.1) is 0 Å². The lowest BCUT2D eigenvalue weighted by molar-refractivity contribution is -0.121. The van der Waals surface area contributed by atoms with Crippen molar-refractivity contribution in [2.45, 2.75) is 44.4 Å². The first-order valence-electron chi connectivity index (χ1n) is 8.41. The van der Waals surface area contributed by atoms with Gasteiger partial charge in [-0.25, -0.2) is 0 Å². The maximum absolute atomic E-state index is 12.1. The Balaban J connectivity index is 1.77. The second kappa shape index (κ2) is 9.01. The number of rotatable bonds is 8. The molecule has 5 heteroatoms. The zero-order valence-electron chi connectivity index (χ0n) is 14.1. The SMILES string of the molecule is CCCCN(C)CC1OCC(NC(=O)Cc2ccccc2)C1O. The summed E-state index contributed by atoms with van der Waals surface area (Å²) in [5.74, 6) is -0.0798. The van der Waals surface area contributed by atoms with Crippen molar-refractivity contribution in [2.75, 3.05) is 26.7 Å². The van der Waals surface area contributed by atoms with E-state index in [9.17, 15) is 9.90 Å². The molecule has 2 N–H and O–H groups in total. The number of carbonyl (C=O) groups excluding carboxylic acids is 1. The Kier molecular flexibility index (Phi) is 7.02. The van der Waals surface area contributed by atoms with Crippen LogP contribution in [0.25, 0.3) is 0 Å². The Morgan fingerprint density at radius 3 is 2.83 bits per heavy atom. The fourth-order valence-corrected chi connectivity index (χ4v) is 2.84. The minimum absolute atomic E-state index is 0.0798. The molecule has 3 unspecified atom stereocenters. The highest BCUT2D eigenvalue weighted by molar-refractivity contribution is 5.78. The van der Waals surface area contributed by atoms with Gasteiger partial charge in [0, 0.05) is 6.54 Å². The van der Waals surface area contributed by atoms with Gasteiger partial charge in [0.25, 0.3) is 0 Å². The van der Waals surface area contributed by atoms with Crippen LogP contribution in [-0.4, -0.2) is 60.9 Å². The fourth-order valence-electron chi connectivity index (χ4n) is 2.84. The van der Waals surface area contributed by atoms with E-state index in [0.717, 1.165) is 24.9 Å². The minimum Gasteiger partial charge on any atom is -0.388 e. The standard InChI is InChI=1S/C18H28N2O3/c1-3-4-10-20(2)12-16-18(22)15(13-23-16)19-17(21)11-14-8-6-5-7-9-14/h5-9,15-16,18,22H,3-4,10-13H2,1-2H3,(H,19,21). The second-order valence-electron chi connectivity index (χ2n) is 6.31. The molecule has 1 amide bonds. The molecule has 2 rings (SSSR count). The fraction of sp³-hybridized carbons (Fsp3) is 0.611. The first-order chi connectivity index (χ1) is 11.1. The van der Waals surface area contributed by atoms with Crippen LogP contribution in [0.1, 0.15) is 25.3 Å². The number of nitrogens with one attached hydrogen (secondary N) is 1. The minimum atomic E-state index is -0.654. The van der Waals surface area contributed by atoms with Crippen LogP contribution in [0.3, 0.4) is 0 Å². The molecule has 0 radical (unpaired) electrons. The van der Waals surface area contributed by atoms with E-state index in [-0.39, 0.29) is 18.1 Å². The highest BCUT2D eigenvalue weighted by Gasteiger charge is 2.37. The summed E-state index contributed by atoms with van der Waals surface area (Å²) in [7, 11) is 2.03. The summed E-state index contributed by atoms with van der Waals surface area (Å²) in [4.78, 5) is 14.3. The Bertz CT molecular complexity index is 480. The van der Waals surface area contributed by atoms with Crippen LogP contribution >= 0.6 is 0 Å². The van der Waals surface area contributed by atoms with Crippen molar-refractivity contribution in [1.82, 2.24) is 10.2 Å². The molecule has 1 heterocycles. The molecular weight excluding hydrogens is 292 g/mol. The van der Waals surface area contributed by atoms with E-state index in [2.05, 4.69) is 17.1 Å². The molecule has 0 saturated carbocycles. The van der Waals surface area contributed by atoms with Crippen molar-refractivity contribution in [3.05, 3.63) is 35.9 Å². The maximum Gasteiger partial charge on any atom is 0.224 e. The highest BCUT2D eigenvalue weighted by Crippen LogP contribution is 2.16. The molecule has 3 atom stereocenters. The predicted molar refractivity (Wildman–Crippen MR) is 90.2 cm³/mol. The second-order valence-corrected chi connectivity index (χ2v) is 6.31. The molecule has 1 saturated heterocycles. The summed E-state index contributed by atoms with van der Waals surface area (Å²) in [6.07, 6.45) is 1.72. The molecule has 0 aliphatic carbocycles. The van der Waals surface area contributed by atoms with Crippen LogP contribution in [0.4, 0.5) is 0 Å². The van der Waals surface area contributed by atoms with E-state index in [1.165, 1.54) is 0 Å². The van der Waals surface area contributed by atoms with E-state index in [0.29, 0.717) is 19.6 Å². The monoisotopic (exact) mass is 320 g/mol. The molecule has 128 valence electrons. The van der Waals surface area contributed by atoms with E-state index in [1.807, 2.05) is 37.4 Å². The number of benzene rings is 1. The summed E-state index contributed by atoms with van der Waals surface area (Å²) in [6.45, 7) is 4.21. The Morgan fingerprint density at radius 1 is 1.39 bits per heavy atom. The predicted octanol–water partition coefficient (Wildman–Crippen LogP) is 1.21. The molecule has 0 spiro atoms. The van der Waals surface area contributed by atoms with Gasteiger partial charge >= 0.3 is 0 Å². The average molecular weight is 320 g/mol. The lowest BCUT2D eigenvalue weighted by Crippen LogP contribution is -2.46. The largest absolute Gasteiger partial charge is 0.388 e. The van der Waals surface area contributed by atoms with Gasteiger partial charge in [0.2, 0.25) is 5.91 Å². The molecule has 1 aromatic carbocycles. The van der Waals surface area contributed by atoms with Crippen LogP contribution in [0.15, 0.2) is 30.3 Å². The van der Waals surface area contributed by atoms with Gasteiger partial charge in [-0.05, 0) is 25.6 Å². The first-order valence-corrected chi connectivity index (χ1v) is 8.41. The number of carbonyl (C=O) groups is 1. The van der Waals surface area contributed by atoms with Crippen LogP contribution in [0.2, 0.25) is 0 Å². The Morgan fingerprint density at radius 2 is 2.13 bits per heavy atom. The number of aliphatic hydroxyl groups is 1. The number of hydrogen-bond acceptors (Lipinski definition) is 4. The van der Waals surface area contributed by atoms with Crippen molar-refractivity contribution in [3.8, 4) is 0 Å². The highest BCUT2D eigenvalue weighted by atomic mass is 16.5. The number of amides is 1. The molecule has 23 heavy (non-hydrogen) atoms. The average Bonchev–Trinajstić information content (AvgIpc) is 2.87. The first kappa shape index (κ1) is 17.9. The normalized spacial score (nSPS) is 24.1. The zero-order valence-corrected chi connectivity index (χ0v) is 14.1. The summed E-state index contributed by atoms with van der Waals surface area (Å²) in [6, 6.07) is 9.28. The lowest BCUT2D eigenvalue weighted by Gasteiger charge is -2.23. The van der Waals surface area contributed by atoms with Gasteiger partial charge in [-0.2, -0.15) is 0 Å². The van der Waals surface area contributed by atoms with Crippen LogP contribution in [0, 0.1) is 0 Å². The van der Waals surface area contributed by atoms with E-state index < -0.39 is 6.10 Å². The molecule has 1 aliphatic heterocycles. The summed E-state index contributed by atoms with van der Waals surface area (Å²) in [5.41, 5.74) is 0.967. The molecular formula is C18H28N2O3. The van der Waals surface area contributed by atoms with Crippen molar-refractivity contribution < 1.29 is 14.6 Å². The topological polar surface area (TPSA) is 61.8 Å². The molecule has 1 fully saturated rings. The number of hydrogen-bond donors (Lipinski definition) is 2. The van der Waals surface area contributed by atoms with Crippen molar-refractivity contribution in [1.29, 1.82) is 0 Å². The number of aliphatic hydroxyl groups excluding tert-OH is 1. The number of nitrogens with zero attached hydrogens (tertiary/aromatic N) is 1. The smallest absolute Gasteiger partial charge is 0.224 e. The van der Waals surface area contributed by atoms with Crippen LogP contribution in [0.5, 0.6) is 0 Å². The third-order valence-electron chi connectivity index (χ3n) is 4.22. The van der Waals surface area contributed by atoms with Gasteiger partial charge in [0.05, 0.1) is 25.2 Å². The van der Waals surface area contributed by atoms with Gasteiger partial charge in [-0.3, -0.25) is 4.79 Å². The molecule has 0 bridgehead atoms. The Labute approximate surface area is 138 Å². The summed E-state index contributed by atoms with van der Waals surface area (Å²) < 4.78 is 5.67. The van der Waals surface area contributed by atoms with Gasteiger partial charge in [-0.1, -0.05) is 43.7 Å². The summed E-state index contributed by atoms with van der Waals surface area (Å²) >= 11 is 0. The van der Waals surface area contributed by atoms with Crippen molar-refractivity contribution in [2.24, 2.45) is 0 Å². The number of likely N-dealkylation sites (N-methyl/N-ethyl adjacent to an activating group) is 1. The van der Waals surface area contributed by atoms with Gasteiger partial charge in [0.15, 0.2) is 0 Å². The number of ether oxygens (including phenoxy) is 1. The van der Waals surface area contributed by atoms with Crippen LogP contribution < -0.4 is 5.32 Å². The van der Waals surface area contributed by atoms with Crippen molar-refractivity contribution >= 4 is 5.91 Å². The third-order valence-corrected chi connectivity index (χ3v) is 4.22. The molecule has 1 aromatic rings. The number of unbranched alkanes of at least 4 members (excludes halogenated alkanes) is 1. The quantitative estimate of drug-likeness (QED) is 0.756. The summed E-state index contributed by atoms with van der Waals surface area (Å²) in [5, 5.41) is 13.3. The van der Waals surface area contributed by atoms with E-state index in [1.54, 1.807) is 0 Å². The van der Waals surface area contributed by atoms with E-state index in [4.69, 9.17) is 4.74 Å². The van der Waals surface area contributed by atoms with Crippen LogP contribution in [-0.2, 0) is 16.0 Å². The zero-order chi connectivity index (χ0) is 16.7. The molecule has 0 aromatic heterocycles. The molecule has 5 nitrogen and oxygen atoms in total. The third kappa shape index (κ3) is 5.61. The van der Waals surface area contributed by atoms with Crippen molar-refractivity contribution in [3.63, 3.8) is 0 Å². The van der Waals surface area contributed by atoms with Gasteiger partial charge in [0.1, 0.15) is 6.10 Å². The van der Waals surface area contributed by atoms with Gasteiger partial charge < -0.3 is 20.1 Å². The Hall–Kier alpha value is -1.43. The lowest BCUT2D eigenvalue weighted by atomic mass is 10.1.